The lowest BCUT2D eigenvalue weighted by Gasteiger charge is -2.22. The molecule has 0 aromatic heterocycles. The molecule has 2 atom stereocenters. The number of carbonyl (C=O) groups excluding carboxylic acids is 2. The second-order valence-electron chi connectivity index (χ2n) is 7.18. The van der Waals surface area contributed by atoms with Gasteiger partial charge in [0.1, 0.15) is 5.60 Å². The van der Waals surface area contributed by atoms with Gasteiger partial charge in [-0.25, -0.2) is 9.59 Å². The van der Waals surface area contributed by atoms with E-state index < -0.39 is 5.60 Å². The quantitative estimate of drug-likeness (QED) is 0.526. The first kappa shape index (κ1) is 19.8. The van der Waals surface area contributed by atoms with Gasteiger partial charge < -0.3 is 20.1 Å². The maximum absolute atomic E-state index is 11.9. The van der Waals surface area contributed by atoms with Gasteiger partial charge in [-0.1, -0.05) is 0 Å². The van der Waals surface area contributed by atoms with Crippen LogP contribution in [0.4, 0.5) is 10.5 Å². The van der Waals surface area contributed by atoms with Gasteiger partial charge in [0, 0.05) is 21.3 Å². The number of amides is 1. The third-order valence-electron chi connectivity index (χ3n) is 3.90. The van der Waals surface area contributed by atoms with Crippen molar-refractivity contribution in [1.82, 2.24) is 5.32 Å². The zero-order valence-electron chi connectivity index (χ0n) is 15.0. The summed E-state index contributed by atoms with van der Waals surface area (Å²) in [6.45, 7) is 5.56. The summed E-state index contributed by atoms with van der Waals surface area (Å²) < 4.78 is 11.0. The molecule has 1 aromatic carbocycles. The number of rotatable bonds is 4. The third kappa shape index (κ3) is 6.05. The van der Waals surface area contributed by atoms with E-state index in [9.17, 15) is 9.59 Å². The van der Waals surface area contributed by atoms with Crippen molar-refractivity contribution in [3.05, 3.63) is 27.3 Å². The minimum absolute atomic E-state index is 0.111. The van der Waals surface area contributed by atoms with Gasteiger partial charge in [-0.2, -0.15) is 0 Å². The van der Waals surface area contributed by atoms with Crippen LogP contribution in [-0.2, 0) is 9.47 Å². The fourth-order valence-electron chi connectivity index (χ4n) is 2.81. The normalized spacial score (nSPS) is 20.0. The molecular formula is C18H25IN2O4. The Balaban J connectivity index is 1.89. The first-order valence-corrected chi connectivity index (χ1v) is 9.39. The van der Waals surface area contributed by atoms with Crippen LogP contribution < -0.4 is 10.6 Å². The lowest BCUT2D eigenvalue weighted by Crippen LogP contribution is -2.38. The van der Waals surface area contributed by atoms with Crippen molar-refractivity contribution in [1.29, 1.82) is 0 Å². The molecule has 25 heavy (non-hydrogen) atoms. The van der Waals surface area contributed by atoms with E-state index in [2.05, 4.69) is 33.2 Å². The number of alkyl carbamates (subject to hydrolysis) is 1. The van der Waals surface area contributed by atoms with Crippen LogP contribution in [0.2, 0.25) is 0 Å². The van der Waals surface area contributed by atoms with Crippen molar-refractivity contribution in [2.75, 3.05) is 12.4 Å². The summed E-state index contributed by atoms with van der Waals surface area (Å²) in [5.74, 6) is -0.341. The van der Waals surface area contributed by atoms with Crippen LogP contribution in [0.3, 0.4) is 0 Å². The van der Waals surface area contributed by atoms with Crippen molar-refractivity contribution >= 4 is 40.3 Å². The maximum Gasteiger partial charge on any atom is 0.407 e. The minimum atomic E-state index is -0.488. The standard InChI is InChI=1S/C18H25IN2O4/c1-18(2,3)25-17(23)21-13-7-6-12(10-13)20-15-8-5-11(9-14(15)19)16(22)24-4/h5,8-9,12-13,20H,6-7,10H2,1-4H3,(H,21,23)/t12-,13+/m0/s1. The molecule has 1 aromatic rings. The number of anilines is 1. The van der Waals surface area contributed by atoms with Gasteiger partial charge in [0.05, 0.1) is 12.7 Å². The fourth-order valence-corrected chi connectivity index (χ4v) is 3.49. The molecule has 1 saturated carbocycles. The molecule has 7 heteroatoms. The molecule has 2 N–H and O–H groups in total. The number of halogens is 1. The summed E-state index contributed by atoms with van der Waals surface area (Å²) in [5, 5.41) is 6.43. The van der Waals surface area contributed by atoms with Crippen LogP contribution in [0.15, 0.2) is 18.2 Å². The summed E-state index contributed by atoms with van der Waals surface area (Å²) in [6.07, 6.45) is 2.35. The van der Waals surface area contributed by atoms with Crippen LogP contribution in [0, 0.1) is 3.57 Å². The fraction of sp³-hybridized carbons (Fsp3) is 0.556. The second kappa shape index (κ2) is 8.25. The summed E-state index contributed by atoms with van der Waals surface area (Å²) in [4.78, 5) is 23.4. The summed E-state index contributed by atoms with van der Waals surface area (Å²) in [7, 11) is 1.37. The smallest absolute Gasteiger partial charge is 0.407 e. The van der Waals surface area contributed by atoms with Gasteiger partial charge in [-0.3, -0.25) is 0 Å². The zero-order valence-corrected chi connectivity index (χ0v) is 17.2. The number of esters is 1. The SMILES string of the molecule is COC(=O)c1ccc(N[C@H]2CC[C@@H](NC(=O)OC(C)(C)C)C2)c(I)c1. The van der Waals surface area contributed by atoms with Crippen LogP contribution in [-0.4, -0.2) is 36.9 Å². The number of nitrogens with one attached hydrogen (secondary N) is 2. The molecule has 6 nitrogen and oxygen atoms in total. The molecule has 138 valence electrons. The molecule has 1 amide bonds. The Morgan fingerprint density at radius 2 is 1.88 bits per heavy atom. The van der Waals surface area contributed by atoms with Crippen LogP contribution in [0.25, 0.3) is 0 Å². The van der Waals surface area contributed by atoms with E-state index >= 15 is 0 Å². The number of ether oxygens (including phenoxy) is 2. The molecule has 1 fully saturated rings. The number of hydrogen-bond donors (Lipinski definition) is 2. The average Bonchev–Trinajstić information content (AvgIpc) is 2.93. The Morgan fingerprint density at radius 1 is 1.20 bits per heavy atom. The maximum atomic E-state index is 11.9. The molecule has 0 heterocycles. The predicted molar refractivity (Wildman–Crippen MR) is 105 cm³/mol. The Morgan fingerprint density at radius 3 is 2.48 bits per heavy atom. The van der Waals surface area contributed by atoms with E-state index in [0.717, 1.165) is 28.5 Å². The highest BCUT2D eigenvalue weighted by Gasteiger charge is 2.28. The van der Waals surface area contributed by atoms with Crippen LogP contribution in [0.5, 0.6) is 0 Å². The highest BCUT2D eigenvalue weighted by Crippen LogP contribution is 2.27. The highest BCUT2D eigenvalue weighted by atomic mass is 127. The first-order valence-electron chi connectivity index (χ1n) is 8.32. The Bertz CT molecular complexity index is 642. The highest BCUT2D eigenvalue weighted by molar-refractivity contribution is 14.1. The van der Waals surface area contributed by atoms with E-state index in [4.69, 9.17) is 9.47 Å². The summed E-state index contributed by atoms with van der Waals surface area (Å²) >= 11 is 2.20. The van der Waals surface area contributed by atoms with Crippen LogP contribution >= 0.6 is 22.6 Å². The Labute approximate surface area is 162 Å². The summed E-state index contributed by atoms with van der Waals surface area (Å²) in [6, 6.07) is 5.83. The zero-order chi connectivity index (χ0) is 18.6. The van der Waals surface area contributed by atoms with Crippen molar-refractivity contribution in [3.63, 3.8) is 0 Å². The average molecular weight is 460 g/mol. The van der Waals surface area contributed by atoms with Gasteiger partial charge in [-0.05, 0) is 80.8 Å². The van der Waals surface area contributed by atoms with E-state index in [1.54, 1.807) is 12.1 Å². The monoisotopic (exact) mass is 460 g/mol. The number of hydrogen-bond acceptors (Lipinski definition) is 5. The van der Waals surface area contributed by atoms with Crippen LogP contribution in [0.1, 0.15) is 50.4 Å². The molecule has 1 aliphatic rings. The lowest BCUT2D eigenvalue weighted by molar-refractivity contribution is 0.0504. The van der Waals surface area contributed by atoms with Crippen molar-refractivity contribution in [3.8, 4) is 0 Å². The second-order valence-corrected chi connectivity index (χ2v) is 8.35. The van der Waals surface area contributed by atoms with E-state index in [0.29, 0.717) is 5.56 Å². The number of carbonyl (C=O) groups is 2. The molecule has 0 spiro atoms. The largest absolute Gasteiger partial charge is 0.465 e. The molecule has 0 unspecified atom stereocenters. The van der Waals surface area contributed by atoms with Crippen molar-refractivity contribution < 1.29 is 19.1 Å². The molecule has 0 bridgehead atoms. The molecule has 1 aliphatic carbocycles. The van der Waals surface area contributed by atoms with Gasteiger partial charge >= 0.3 is 12.1 Å². The first-order chi connectivity index (χ1) is 11.7. The van der Waals surface area contributed by atoms with Crippen molar-refractivity contribution in [2.45, 2.75) is 57.7 Å². The molecule has 0 saturated heterocycles. The van der Waals surface area contributed by atoms with Crippen molar-refractivity contribution in [2.24, 2.45) is 0 Å². The van der Waals surface area contributed by atoms with Gasteiger partial charge in [0.25, 0.3) is 0 Å². The van der Waals surface area contributed by atoms with Gasteiger partial charge in [0.15, 0.2) is 0 Å². The van der Waals surface area contributed by atoms with Gasteiger partial charge in [0.2, 0.25) is 0 Å². The Kier molecular flexibility index (Phi) is 6.53. The minimum Gasteiger partial charge on any atom is -0.465 e. The molecule has 0 aliphatic heterocycles. The number of benzene rings is 1. The Hall–Kier alpha value is -1.51. The topological polar surface area (TPSA) is 76.7 Å². The predicted octanol–water partition coefficient (Wildman–Crippen LogP) is 3.94. The number of methoxy groups -OCH3 is 1. The van der Waals surface area contributed by atoms with E-state index in [1.165, 1.54) is 7.11 Å². The third-order valence-corrected chi connectivity index (χ3v) is 4.80. The van der Waals surface area contributed by atoms with E-state index in [-0.39, 0.29) is 24.1 Å². The van der Waals surface area contributed by atoms with E-state index in [1.807, 2.05) is 26.8 Å². The molecular weight excluding hydrogens is 435 g/mol. The molecule has 2 rings (SSSR count). The lowest BCUT2D eigenvalue weighted by atomic mass is 10.1. The molecule has 0 radical (unpaired) electrons. The summed E-state index contributed by atoms with van der Waals surface area (Å²) in [5.41, 5.74) is 1.03. The van der Waals surface area contributed by atoms with Gasteiger partial charge in [-0.15, -0.1) is 0 Å².